The topological polar surface area (TPSA) is 80.3 Å². The summed E-state index contributed by atoms with van der Waals surface area (Å²) in [4.78, 5) is 40.6. The smallest absolute Gasteiger partial charge is 0.369 e. The number of hydrogen-bond donors (Lipinski definition) is 1. The Morgan fingerprint density at radius 1 is 1.10 bits per heavy atom. The zero-order valence-electron chi connectivity index (χ0n) is 16.9. The van der Waals surface area contributed by atoms with Crippen LogP contribution in [0.5, 0.6) is 0 Å². The standard InChI is InChI=1S/C23H23FN2O4/c1-3-30-22(29)23(13-14-7-5-4-6-8-14)18-17(20(27)26(2)21(18)28)19(25-23)15-9-11-16(24)12-10-15/h4-12,17-19,25H,3,13H2,1-2H3/p+1/t17-,18-,19-,23-/m0/s1. The van der Waals surface area contributed by atoms with Crippen molar-refractivity contribution in [1.29, 1.82) is 0 Å². The minimum atomic E-state index is -1.28. The predicted molar refractivity (Wildman–Crippen MR) is 105 cm³/mol. The van der Waals surface area contributed by atoms with Gasteiger partial charge in [0.15, 0.2) is 0 Å². The van der Waals surface area contributed by atoms with Crippen LogP contribution in [0, 0.1) is 17.7 Å². The number of benzene rings is 2. The number of amides is 2. The number of nitrogens with zero attached hydrogens (tertiary/aromatic N) is 1. The van der Waals surface area contributed by atoms with Crippen molar-refractivity contribution in [1.82, 2.24) is 4.90 Å². The highest BCUT2D eigenvalue weighted by molar-refractivity contribution is 6.08. The highest BCUT2D eigenvalue weighted by Gasteiger charge is 2.72. The van der Waals surface area contributed by atoms with Gasteiger partial charge in [0, 0.05) is 19.0 Å². The first-order valence-electron chi connectivity index (χ1n) is 10.0. The van der Waals surface area contributed by atoms with Crippen LogP contribution >= 0.6 is 0 Å². The zero-order valence-corrected chi connectivity index (χ0v) is 16.9. The second-order valence-corrected chi connectivity index (χ2v) is 7.91. The van der Waals surface area contributed by atoms with Gasteiger partial charge in [-0.15, -0.1) is 0 Å². The summed E-state index contributed by atoms with van der Waals surface area (Å²) >= 11 is 0. The van der Waals surface area contributed by atoms with E-state index in [9.17, 15) is 18.8 Å². The molecule has 2 amide bonds. The minimum Gasteiger partial charge on any atom is -0.461 e. The molecule has 0 aliphatic carbocycles. The molecule has 30 heavy (non-hydrogen) atoms. The minimum absolute atomic E-state index is 0.166. The lowest BCUT2D eigenvalue weighted by molar-refractivity contribution is -0.734. The van der Waals surface area contributed by atoms with E-state index in [-0.39, 0.29) is 30.7 Å². The molecule has 156 valence electrons. The average molecular weight is 411 g/mol. The van der Waals surface area contributed by atoms with Gasteiger partial charge in [-0.3, -0.25) is 14.5 Å². The van der Waals surface area contributed by atoms with E-state index in [0.717, 1.165) is 10.5 Å². The van der Waals surface area contributed by atoms with Gasteiger partial charge in [-0.25, -0.2) is 9.18 Å². The van der Waals surface area contributed by atoms with Crippen molar-refractivity contribution >= 4 is 17.8 Å². The van der Waals surface area contributed by atoms with Crippen molar-refractivity contribution in [2.45, 2.75) is 24.9 Å². The van der Waals surface area contributed by atoms with Gasteiger partial charge >= 0.3 is 5.97 Å². The summed E-state index contributed by atoms with van der Waals surface area (Å²) in [6.45, 7) is 1.88. The Kier molecular flexibility index (Phi) is 5.15. The van der Waals surface area contributed by atoms with Crippen LogP contribution in [0.4, 0.5) is 4.39 Å². The first kappa shape index (κ1) is 20.2. The van der Waals surface area contributed by atoms with Crippen molar-refractivity contribution in [3.05, 3.63) is 71.5 Å². The third-order valence-corrected chi connectivity index (χ3v) is 6.24. The van der Waals surface area contributed by atoms with Gasteiger partial charge in [-0.1, -0.05) is 42.5 Å². The first-order valence-corrected chi connectivity index (χ1v) is 10.0. The number of carbonyl (C=O) groups excluding carboxylic acids is 3. The molecular weight excluding hydrogens is 387 g/mol. The molecule has 4 rings (SSSR count). The Bertz CT molecular complexity index is 978. The normalized spacial score (nSPS) is 28.0. The maximum atomic E-state index is 13.5. The molecule has 2 aliphatic rings. The van der Waals surface area contributed by atoms with Gasteiger partial charge in [-0.2, -0.15) is 0 Å². The van der Waals surface area contributed by atoms with Crippen LogP contribution in [-0.4, -0.2) is 41.9 Å². The second kappa shape index (κ2) is 7.65. The molecule has 2 heterocycles. The van der Waals surface area contributed by atoms with Crippen LogP contribution in [0.25, 0.3) is 0 Å². The molecule has 2 saturated heterocycles. The molecule has 0 saturated carbocycles. The van der Waals surface area contributed by atoms with E-state index in [1.807, 2.05) is 30.3 Å². The zero-order chi connectivity index (χ0) is 21.5. The van der Waals surface area contributed by atoms with E-state index in [4.69, 9.17) is 4.74 Å². The maximum absolute atomic E-state index is 13.5. The van der Waals surface area contributed by atoms with Crippen molar-refractivity contribution in [3.8, 4) is 0 Å². The molecule has 6 nitrogen and oxygen atoms in total. The summed E-state index contributed by atoms with van der Waals surface area (Å²) in [5.74, 6) is -3.18. The molecule has 2 N–H and O–H groups in total. The largest absolute Gasteiger partial charge is 0.461 e. The lowest BCUT2D eigenvalue weighted by Crippen LogP contribution is -2.98. The van der Waals surface area contributed by atoms with E-state index in [1.165, 1.54) is 19.2 Å². The molecule has 4 atom stereocenters. The number of likely N-dealkylation sites (tertiary alicyclic amines) is 1. The van der Waals surface area contributed by atoms with Crippen LogP contribution in [0.1, 0.15) is 24.1 Å². The van der Waals surface area contributed by atoms with Crippen LogP contribution < -0.4 is 5.32 Å². The van der Waals surface area contributed by atoms with Crippen LogP contribution in [0.3, 0.4) is 0 Å². The fourth-order valence-corrected chi connectivity index (χ4v) is 4.89. The van der Waals surface area contributed by atoms with Gasteiger partial charge < -0.3 is 10.1 Å². The van der Waals surface area contributed by atoms with Gasteiger partial charge in [0.05, 0.1) is 6.61 Å². The quantitative estimate of drug-likeness (QED) is 0.593. The molecule has 7 heteroatoms. The molecule has 0 spiro atoms. The van der Waals surface area contributed by atoms with Crippen molar-refractivity contribution in [2.24, 2.45) is 11.8 Å². The maximum Gasteiger partial charge on any atom is 0.369 e. The molecule has 2 aromatic carbocycles. The van der Waals surface area contributed by atoms with E-state index < -0.39 is 29.4 Å². The summed E-state index contributed by atoms with van der Waals surface area (Å²) < 4.78 is 18.9. The second-order valence-electron chi connectivity index (χ2n) is 7.91. The molecule has 2 aliphatic heterocycles. The number of hydrogen-bond acceptors (Lipinski definition) is 4. The molecule has 0 unspecified atom stereocenters. The lowest BCUT2D eigenvalue weighted by atomic mass is 9.76. The van der Waals surface area contributed by atoms with E-state index in [0.29, 0.717) is 5.56 Å². The fraction of sp³-hybridized carbons (Fsp3) is 0.348. The summed E-state index contributed by atoms with van der Waals surface area (Å²) in [5.41, 5.74) is 0.288. The van der Waals surface area contributed by atoms with Gasteiger partial charge in [-0.05, 0) is 24.6 Å². The number of halogens is 1. The lowest BCUT2D eigenvalue weighted by Gasteiger charge is -2.29. The highest BCUT2D eigenvalue weighted by atomic mass is 19.1. The monoisotopic (exact) mass is 411 g/mol. The molecule has 2 aromatic rings. The SMILES string of the molecule is CCOC(=O)[C@@]1(Cc2ccccc2)[NH2+][C@@H](c2ccc(F)cc2)[C@H]2C(=O)N(C)C(=O)[C@H]21. The highest BCUT2D eigenvalue weighted by Crippen LogP contribution is 2.45. The van der Waals surface area contributed by atoms with Crippen molar-refractivity contribution in [3.63, 3.8) is 0 Å². The third-order valence-electron chi connectivity index (χ3n) is 6.24. The third kappa shape index (κ3) is 3.10. The van der Waals surface area contributed by atoms with Gasteiger partial charge in [0.1, 0.15) is 23.7 Å². The molecule has 0 aromatic heterocycles. The number of esters is 1. The summed E-state index contributed by atoms with van der Waals surface area (Å²) in [7, 11) is 1.45. The van der Waals surface area contributed by atoms with E-state index in [2.05, 4.69) is 0 Å². The number of carbonyl (C=O) groups is 3. The van der Waals surface area contributed by atoms with Crippen molar-refractivity contribution in [2.75, 3.05) is 13.7 Å². The molecule has 2 fully saturated rings. The Balaban J connectivity index is 1.85. The van der Waals surface area contributed by atoms with Gasteiger partial charge in [0.25, 0.3) is 0 Å². The van der Waals surface area contributed by atoms with Crippen molar-refractivity contribution < 1.29 is 28.8 Å². The van der Waals surface area contributed by atoms with Crippen LogP contribution in [-0.2, 0) is 25.5 Å². The number of ether oxygens (including phenoxy) is 1. The van der Waals surface area contributed by atoms with E-state index >= 15 is 0 Å². The number of rotatable bonds is 5. The number of quaternary nitrogens is 1. The molecular formula is C23H24FN2O4+. The van der Waals surface area contributed by atoms with Crippen LogP contribution in [0.2, 0.25) is 0 Å². The van der Waals surface area contributed by atoms with Gasteiger partial charge in [0.2, 0.25) is 17.4 Å². The number of nitrogens with two attached hydrogens (primary N) is 1. The molecule has 0 bridgehead atoms. The Morgan fingerprint density at radius 2 is 1.77 bits per heavy atom. The Labute approximate surface area is 174 Å². The average Bonchev–Trinajstić information content (AvgIpc) is 3.20. The predicted octanol–water partition coefficient (Wildman–Crippen LogP) is 1.22. The summed E-state index contributed by atoms with van der Waals surface area (Å²) in [6, 6.07) is 14.7. The first-order chi connectivity index (χ1) is 14.4. The van der Waals surface area contributed by atoms with Crippen LogP contribution in [0.15, 0.2) is 54.6 Å². The summed E-state index contributed by atoms with van der Waals surface area (Å²) in [6.07, 6.45) is 0.248. The number of imide groups is 1. The molecule has 0 radical (unpaired) electrons. The Hall–Kier alpha value is -3.06. The Morgan fingerprint density at radius 3 is 2.40 bits per heavy atom. The summed E-state index contributed by atoms with van der Waals surface area (Å²) in [5, 5.41) is 1.80. The van der Waals surface area contributed by atoms with E-state index in [1.54, 1.807) is 24.4 Å². The number of fused-ring (bicyclic) bond motifs is 1. The fourth-order valence-electron chi connectivity index (χ4n) is 4.89.